The predicted molar refractivity (Wildman–Crippen MR) is 108 cm³/mol. The normalized spacial score (nSPS) is 13.9. The van der Waals surface area contributed by atoms with Crippen molar-refractivity contribution in [3.8, 4) is 0 Å². The molecule has 1 aliphatic rings. The van der Waals surface area contributed by atoms with E-state index in [1.54, 1.807) is 0 Å². The lowest BCUT2D eigenvalue weighted by Gasteiger charge is -2.15. The smallest absolute Gasteiger partial charge is 0.253 e. The van der Waals surface area contributed by atoms with Gasteiger partial charge in [-0.3, -0.25) is 9.59 Å². The van der Waals surface area contributed by atoms with E-state index in [0.717, 1.165) is 48.1 Å². The third kappa shape index (κ3) is 3.72. The molecule has 4 rings (SSSR count). The van der Waals surface area contributed by atoms with Gasteiger partial charge >= 0.3 is 0 Å². The number of aromatic nitrogens is 1. The summed E-state index contributed by atoms with van der Waals surface area (Å²) in [6, 6.07) is 15.4. The summed E-state index contributed by atoms with van der Waals surface area (Å²) in [7, 11) is 0. The summed E-state index contributed by atoms with van der Waals surface area (Å²) in [5.74, 6) is 0.0976. The maximum atomic E-state index is 12.4. The summed E-state index contributed by atoms with van der Waals surface area (Å²) < 4.78 is 0. The summed E-state index contributed by atoms with van der Waals surface area (Å²) in [6.45, 7) is 4.16. The van der Waals surface area contributed by atoms with E-state index in [-0.39, 0.29) is 11.5 Å². The fourth-order valence-electron chi connectivity index (χ4n) is 3.53. The van der Waals surface area contributed by atoms with E-state index in [1.807, 2.05) is 54.3 Å². The van der Waals surface area contributed by atoms with Crippen LogP contribution in [-0.4, -0.2) is 28.9 Å². The number of H-pyrrole nitrogens is 1. The van der Waals surface area contributed by atoms with Gasteiger partial charge in [-0.25, -0.2) is 0 Å². The standard InChI is InChI=1S/C22H23N3O2/c1-15-4-9-20-17(12-15)13-18(21(26)24-20)14-23-19-7-5-16(6-8-19)22(27)25-10-2-3-11-25/h4-9,12-13,23H,2-3,10-11,14H2,1H3,(H,24,26). The average molecular weight is 361 g/mol. The third-order valence-corrected chi connectivity index (χ3v) is 5.08. The zero-order valence-corrected chi connectivity index (χ0v) is 15.4. The first kappa shape index (κ1) is 17.3. The van der Waals surface area contributed by atoms with Gasteiger partial charge in [0.15, 0.2) is 0 Å². The molecule has 138 valence electrons. The minimum atomic E-state index is -0.0836. The van der Waals surface area contributed by atoms with Gasteiger partial charge in [0.2, 0.25) is 0 Å². The molecule has 2 heterocycles. The van der Waals surface area contributed by atoms with Crippen LogP contribution < -0.4 is 10.9 Å². The Morgan fingerprint density at radius 3 is 2.56 bits per heavy atom. The van der Waals surface area contributed by atoms with Crippen molar-refractivity contribution in [3.63, 3.8) is 0 Å². The molecular weight excluding hydrogens is 338 g/mol. The van der Waals surface area contributed by atoms with Gasteiger partial charge in [0.05, 0.1) is 0 Å². The van der Waals surface area contributed by atoms with Crippen LogP contribution in [0.5, 0.6) is 0 Å². The summed E-state index contributed by atoms with van der Waals surface area (Å²) in [6.07, 6.45) is 2.18. The Labute approximate surface area is 158 Å². The summed E-state index contributed by atoms with van der Waals surface area (Å²) in [4.78, 5) is 29.5. The van der Waals surface area contributed by atoms with Gasteiger partial charge in [-0.1, -0.05) is 11.6 Å². The molecule has 5 nitrogen and oxygen atoms in total. The largest absolute Gasteiger partial charge is 0.381 e. The Morgan fingerprint density at radius 2 is 1.81 bits per heavy atom. The molecule has 5 heteroatoms. The van der Waals surface area contributed by atoms with Crippen LogP contribution >= 0.6 is 0 Å². The molecule has 1 saturated heterocycles. The first-order chi connectivity index (χ1) is 13.1. The number of nitrogens with one attached hydrogen (secondary N) is 2. The molecule has 1 aromatic heterocycles. The Bertz CT molecular complexity index is 1030. The lowest BCUT2D eigenvalue weighted by atomic mass is 10.1. The minimum absolute atomic E-state index is 0.0836. The lowest BCUT2D eigenvalue weighted by Crippen LogP contribution is -2.27. The molecule has 27 heavy (non-hydrogen) atoms. The Kier molecular flexibility index (Phi) is 4.67. The summed E-state index contributed by atoms with van der Waals surface area (Å²) in [5.41, 5.74) is 4.20. The van der Waals surface area contributed by atoms with Crippen molar-refractivity contribution in [2.45, 2.75) is 26.3 Å². The molecule has 2 aromatic carbocycles. The molecule has 3 aromatic rings. The number of carbonyl (C=O) groups is 1. The number of benzene rings is 2. The van der Waals surface area contributed by atoms with Crippen molar-refractivity contribution >= 4 is 22.5 Å². The van der Waals surface area contributed by atoms with Gasteiger partial charge in [-0.2, -0.15) is 0 Å². The van der Waals surface area contributed by atoms with Gasteiger partial charge in [0.25, 0.3) is 11.5 Å². The topological polar surface area (TPSA) is 65.2 Å². The second-order valence-electron chi connectivity index (χ2n) is 7.14. The Morgan fingerprint density at radius 1 is 1.07 bits per heavy atom. The maximum absolute atomic E-state index is 12.4. The van der Waals surface area contributed by atoms with Crippen molar-refractivity contribution in [1.82, 2.24) is 9.88 Å². The molecule has 0 aliphatic carbocycles. The molecule has 1 aliphatic heterocycles. The van der Waals surface area contributed by atoms with E-state index < -0.39 is 0 Å². The number of anilines is 1. The van der Waals surface area contributed by atoms with E-state index in [2.05, 4.69) is 16.4 Å². The number of nitrogens with zero attached hydrogens (tertiary/aromatic N) is 1. The number of hydrogen-bond acceptors (Lipinski definition) is 3. The second kappa shape index (κ2) is 7.27. The van der Waals surface area contributed by atoms with Crippen LogP contribution in [0.25, 0.3) is 10.9 Å². The number of fused-ring (bicyclic) bond motifs is 1. The summed E-state index contributed by atoms with van der Waals surface area (Å²) in [5, 5.41) is 4.30. The highest BCUT2D eigenvalue weighted by Gasteiger charge is 2.19. The molecule has 2 N–H and O–H groups in total. The lowest BCUT2D eigenvalue weighted by molar-refractivity contribution is 0.0793. The molecule has 0 atom stereocenters. The quantitative estimate of drug-likeness (QED) is 0.745. The predicted octanol–water partition coefficient (Wildman–Crippen LogP) is 3.68. The van der Waals surface area contributed by atoms with Crippen molar-refractivity contribution < 1.29 is 4.79 Å². The second-order valence-corrected chi connectivity index (χ2v) is 7.14. The minimum Gasteiger partial charge on any atom is -0.381 e. The highest BCUT2D eigenvalue weighted by molar-refractivity contribution is 5.94. The third-order valence-electron chi connectivity index (χ3n) is 5.08. The van der Waals surface area contributed by atoms with E-state index in [9.17, 15) is 9.59 Å². The van der Waals surface area contributed by atoms with Crippen LogP contribution in [0.2, 0.25) is 0 Å². The number of rotatable bonds is 4. The first-order valence-electron chi connectivity index (χ1n) is 9.36. The van der Waals surface area contributed by atoms with E-state index in [1.165, 1.54) is 0 Å². The SMILES string of the molecule is Cc1ccc2[nH]c(=O)c(CNc3ccc(C(=O)N4CCCC4)cc3)cc2c1. The molecule has 0 unspecified atom stereocenters. The fraction of sp³-hybridized carbons (Fsp3) is 0.273. The molecule has 0 saturated carbocycles. The van der Waals surface area contributed by atoms with Crippen molar-refractivity contribution in [3.05, 3.63) is 75.6 Å². The number of likely N-dealkylation sites (tertiary alicyclic amines) is 1. The van der Waals surface area contributed by atoms with Crippen molar-refractivity contribution in [1.29, 1.82) is 0 Å². The molecule has 1 amide bonds. The zero-order valence-electron chi connectivity index (χ0n) is 15.4. The highest BCUT2D eigenvalue weighted by atomic mass is 16.2. The fourth-order valence-corrected chi connectivity index (χ4v) is 3.53. The number of amides is 1. The monoisotopic (exact) mass is 361 g/mol. The molecule has 0 radical (unpaired) electrons. The van der Waals surface area contributed by atoms with Crippen LogP contribution in [0.3, 0.4) is 0 Å². The van der Waals surface area contributed by atoms with Crippen LogP contribution in [-0.2, 0) is 6.54 Å². The summed E-state index contributed by atoms with van der Waals surface area (Å²) >= 11 is 0. The zero-order chi connectivity index (χ0) is 18.8. The van der Waals surface area contributed by atoms with Gasteiger partial charge in [-0.05, 0) is 67.6 Å². The van der Waals surface area contributed by atoms with E-state index in [4.69, 9.17) is 0 Å². The number of aryl methyl sites for hydroxylation is 1. The Hall–Kier alpha value is -3.08. The molecule has 0 spiro atoms. The highest BCUT2D eigenvalue weighted by Crippen LogP contribution is 2.17. The van der Waals surface area contributed by atoms with Crippen LogP contribution in [0.15, 0.2) is 53.3 Å². The van der Waals surface area contributed by atoms with Gasteiger partial charge in [0.1, 0.15) is 0 Å². The van der Waals surface area contributed by atoms with Crippen LogP contribution in [0.1, 0.15) is 34.3 Å². The molecular formula is C22H23N3O2. The van der Waals surface area contributed by atoms with Gasteiger partial charge < -0.3 is 15.2 Å². The van der Waals surface area contributed by atoms with E-state index in [0.29, 0.717) is 17.7 Å². The van der Waals surface area contributed by atoms with Crippen molar-refractivity contribution in [2.24, 2.45) is 0 Å². The van der Waals surface area contributed by atoms with Crippen LogP contribution in [0.4, 0.5) is 5.69 Å². The number of carbonyl (C=O) groups excluding carboxylic acids is 1. The average Bonchev–Trinajstić information content (AvgIpc) is 3.21. The molecule has 0 bridgehead atoms. The molecule has 1 fully saturated rings. The van der Waals surface area contributed by atoms with Crippen LogP contribution in [0, 0.1) is 6.92 Å². The number of aromatic amines is 1. The van der Waals surface area contributed by atoms with Crippen molar-refractivity contribution in [2.75, 3.05) is 18.4 Å². The first-order valence-corrected chi connectivity index (χ1v) is 9.36. The van der Waals surface area contributed by atoms with Gasteiger partial charge in [-0.15, -0.1) is 0 Å². The number of hydrogen-bond donors (Lipinski definition) is 2. The maximum Gasteiger partial charge on any atom is 0.253 e. The number of pyridine rings is 1. The van der Waals surface area contributed by atoms with E-state index >= 15 is 0 Å². The Balaban J connectivity index is 1.47. The van der Waals surface area contributed by atoms with Gasteiger partial charge in [0, 0.05) is 42.0 Å².